The number of nitrogens with zero attached hydrogens (tertiary/aromatic N) is 4. The zero-order chi connectivity index (χ0) is 13.8. The van der Waals surface area contributed by atoms with Crippen molar-refractivity contribution < 1.29 is 9.53 Å². The fourth-order valence-electron chi connectivity index (χ4n) is 2.56. The van der Waals surface area contributed by atoms with Gasteiger partial charge in [-0.3, -0.25) is 4.79 Å². The Bertz CT molecular complexity index is 441. The van der Waals surface area contributed by atoms with Crippen LogP contribution < -0.4 is 10.2 Å². The smallest absolute Gasteiger partial charge is 0.242 e. The minimum atomic E-state index is -0.188. The van der Waals surface area contributed by atoms with Gasteiger partial charge >= 0.3 is 0 Å². The molecule has 1 atom stereocenters. The zero-order valence-electron chi connectivity index (χ0n) is 11.4. The summed E-state index contributed by atoms with van der Waals surface area (Å²) in [4.78, 5) is 16.4. The number of carbonyl (C=O) groups excluding carboxylic acids is 1. The van der Waals surface area contributed by atoms with Gasteiger partial charge in [-0.05, 0) is 12.1 Å². The molecule has 0 saturated carbocycles. The van der Waals surface area contributed by atoms with Crippen LogP contribution in [0.25, 0.3) is 0 Å². The number of amides is 1. The van der Waals surface area contributed by atoms with Gasteiger partial charge in [-0.1, -0.05) is 0 Å². The van der Waals surface area contributed by atoms with Gasteiger partial charge in [-0.25, -0.2) is 0 Å². The molecule has 1 N–H and O–H groups in total. The van der Waals surface area contributed by atoms with E-state index in [1.54, 1.807) is 6.20 Å². The molecule has 7 nitrogen and oxygen atoms in total. The van der Waals surface area contributed by atoms with Crippen LogP contribution in [0.15, 0.2) is 18.3 Å². The van der Waals surface area contributed by atoms with Crippen LogP contribution in [-0.4, -0.2) is 73.0 Å². The molecule has 1 amide bonds. The third-order valence-corrected chi connectivity index (χ3v) is 3.69. The zero-order valence-corrected chi connectivity index (χ0v) is 11.4. The van der Waals surface area contributed by atoms with Crippen LogP contribution in [0.1, 0.15) is 0 Å². The van der Waals surface area contributed by atoms with Crippen LogP contribution in [0.5, 0.6) is 0 Å². The van der Waals surface area contributed by atoms with E-state index in [-0.39, 0.29) is 11.9 Å². The summed E-state index contributed by atoms with van der Waals surface area (Å²) in [5, 5.41) is 11.2. The van der Waals surface area contributed by atoms with E-state index < -0.39 is 0 Å². The fourth-order valence-corrected chi connectivity index (χ4v) is 2.56. The molecule has 2 aliphatic heterocycles. The Morgan fingerprint density at radius 3 is 2.85 bits per heavy atom. The number of anilines is 1. The summed E-state index contributed by atoms with van der Waals surface area (Å²) in [5.41, 5.74) is 0. The third-order valence-electron chi connectivity index (χ3n) is 3.69. The number of carbonyl (C=O) groups is 1. The number of rotatable bonds is 2. The topological polar surface area (TPSA) is 70.6 Å². The summed E-state index contributed by atoms with van der Waals surface area (Å²) < 4.78 is 5.35. The molecule has 20 heavy (non-hydrogen) atoms. The molecule has 1 aromatic heterocycles. The minimum Gasteiger partial charge on any atom is -0.378 e. The summed E-state index contributed by atoms with van der Waals surface area (Å²) in [6, 6.07) is 3.64. The van der Waals surface area contributed by atoms with Crippen LogP contribution in [0.3, 0.4) is 0 Å². The monoisotopic (exact) mass is 277 g/mol. The number of aromatic nitrogens is 2. The second-order valence-corrected chi connectivity index (χ2v) is 4.98. The van der Waals surface area contributed by atoms with Crippen molar-refractivity contribution in [2.75, 3.05) is 50.8 Å². The second-order valence-electron chi connectivity index (χ2n) is 4.98. The highest BCUT2D eigenvalue weighted by Crippen LogP contribution is 2.12. The highest BCUT2D eigenvalue weighted by atomic mass is 16.5. The maximum atomic E-state index is 12.3. The largest absolute Gasteiger partial charge is 0.378 e. The van der Waals surface area contributed by atoms with Crippen molar-refractivity contribution in [3.05, 3.63) is 18.3 Å². The molecular weight excluding hydrogens is 258 g/mol. The maximum Gasteiger partial charge on any atom is 0.242 e. The van der Waals surface area contributed by atoms with E-state index in [4.69, 9.17) is 4.74 Å². The molecule has 0 aliphatic carbocycles. The van der Waals surface area contributed by atoms with Gasteiger partial charge in [0.25, 0.3) is 0 Å². The number of ether oxygens (including phenoxy) is 1. The molecule has 108 valence electrons. The summed E-state index contributed by atoms with van der Waals surface area (Å²) in [7, 11) is 0. The maximum absolute atomic E-state index is 12.3. The van der Waals surface area contributed by atoms with Crippen LogP contribution >= 0.6 is 0 Å². The number of piperazine rings is 1. The van der Waals surface area contributed by atoms with E-state index in [1.807, 2.05) is 17.0 Å². The predicted molar refractivity (Wildman–Crippen MR) is 73.4 cm³/mol. The highest BCUT2D eigenvalue weighted by molar-refractivity contribution is 5.82. The first-order chi connectivity index (χ1) is 9.84. The Morgan fingerprint density at radius 1 is 1.35 bits per heavy atom. The molecule has 0 aromatic carbocycles. The van der Waals surface area contributed by atoms with Gasteiger partial charge in [0.2, 0.25) is 5.91 Å². The average Bonchev–Trinajstić information content (AvgIpc) is 2.56. The first kappa shape index (κ1) is 13.3. The van der Waals surface area contributed by atoms with E-state index in [2.05, 4.69) is 20.4 Å². The number of hydrogen-bond donors (Lipinski definition) is 1. The molecule has 3 heterocycles. The van der Waals surface area contributed by atoms with Crippen molar-refractivity contribution in [1.29, 1.82) is 0 Å². The van der Waals surface area contributed by atoms with Gasteiger partial charge in [0.1, 0.15) is 6.04 Å². The van der Waals surface area contributed by atoms with Gasteiger partial charge in [-0.15, -0.1) is 5.10 Å². The summed E-state index contributed by atoms with van der Waals surface area (Å²) in [6.45, 7) is 4.92. The van der Waals surface area contributed by atoms with Crippen LogP contribution in [0.4, 0.5) is 5.82 Å². The number of hydrogen-bond acceptors (Lipinski definition) is 6. The Morgan fingerprint density at radius 2 is 2.20 bits per heavy atom. The van der Waals surface area contributed by atoms with Crippen LogP contribution in [0.2, 0.25) is 0 Å². The number of morpholine rings is 1. The van der Waals surface area contributed by atoms with Crippen LogP contribution in [0, 0.1) is 0 Å². The van der Waals surface area contributed by atoms with Crippen molar-refractivity contribution in [3.63, 3.8) is 0 Å². The Kier molecular flexibility index (Phi) is 4.08. The van der Waals surface area contributed by atoms with Gasteiger partial charge in [-0.2, -0.15) is 5.10 Å². The molecule has 3 rings (SSSR count). The lowest BCUT2D eigenvalue weighted by molar-refractivity contribution is -0.136. The predicted octanol–water partition coefficient (Wildman–Crippen LogP) is -0.886. The summed E-state index contributed by atoms with van der Waals surface area (Å²) in [5.74, 6) is 1.02. The standard InChI is InChI=1S/C13H19N5O2/c19-13(11-10-20-9-4-14-11)18-7-5-17(6-8-18)12-2-1-3-15-16-12/h1-3,11,14H,4-10H2. The van der Waals surface area contributed by atoms with Crippen molar-refractivity contribution in [2.24, 2.45) is 0 Å². The molecule has 2 fully saturated rings. The summed E-state index contributed by atoms with van der Waals surface area (Å²) in [6.07, 6.45) is 1.66. The SMILES string of the molecule is O=C(C1COCCN1)N1CCN(c2cccnn2)CC1. The molecule has 0 bridgehead atoms. The molecule has 2 aliphatic rings. The Hall–Kier alpha value is -1.73. The van der Waals surface area contributed by atoms with Gasteiger partial charge < -0.3 is 19.9 Å². The average molecular weight is 277 g/mol. The molecular formula is C13H19N5O2. The lowest BCUT2D eigenvalue weighted by Crippen LogP contribution is -2.57. The second kappa shape index (κ2) is 6.15. The first-order valence-electron chi connectivity index (χ1n) is 6.97. The van der Waals surface area contributed by atoms with E-state index in [0.717, 1.165) is 25.5 Å². The van der Waals surface area contributed by atoms with E-state index in [1.165, 1.54) is 0 Å². The number of nitrogens with one attached hydrogen (secondary N) is 1. The molecule has 1 unspecified atom stereocenters. The molecule has 0 spiro atoms. The summed E-state index contributed by atoms with van der Waals surface area (Å²) >= 11 is 0. The van der Waals surface area contributed by atoms with Crippen molar-refractivity contribution in [1.82, 2.24) is 20.4 Å². The quantitative estimate of drug-likeness (QED) is 0.756. The minimum absolute atomic E-state index is 0.142. The fraction of sp³-hybridized carbons (Fsp3) is 0.615. The highest BCUT2D eigenvalue weighted by Gasteiger charge is 2.29. The van der Waals surface area contributed by atoms with E-state index in [0.29, 0.717) is 26.3 Å². The molecule has 7 heteroatoms. The third kappa shape index (κ3) is 2.88. The van der Waals surface area contributed by atoms with E-state index in [9.17, 15) is 4.79 Å². The van der Waals surface area contributed by atoms with Crippen molar-refractivity contribution in [3.8, 4) is 0 Å². The van der Waals surface area contributed by atoms with Gasteiger partial charge in [0, 0.05) is 38.9 Å². The lowest BCUT2D eigenvalue weighted by atomic mass is 10.2. The van der Waals surface area contributed by atoms with Gasteiger partial charge in [0.15, 0.2) is 5.82 Å². The first-order valence-corrected chi connectivity index (χ1v) is 6.97. The van der Waals surface area contributed by atoms with Gasteiger partial charge in [0.05, 0.1) is 13.2 Å². The Balaban J connectivity index is 1.54. The van der Waals surface area contributed by atoms with Crippen molar-refractivity contribution >= 4 is 11.7 Å². The van der Waals surface area contributed by atoms with Crippen LogP contribution in [-0.2, 0) is 9.53 Å². The molecule has 0 radical (unpaired) electrons. The van der Waals surface area contributed by atoms with Crippen molar-refractivity contribution in [2.45, 2.75) is 6.04 Å². The normalized spacial score (nSPS) is 23.7. The lowest BCUT2D eigenvalue weighted by Gasteiger charge is -2.37. The Labute approximate surface area is 117 Å². The van der Waals surface area contributed by atoms with E-state index >= 15 is 0 Å². The molecule has 1 aromatic rings. The molecule has 2 saturated heterocycles.